The summed E-state index contributed by atoms with van der Waals surface area (Å²) in [5.41, 5.74) is 1.03. The Hall–Kier alpha value is -2.21. The number of nitrogens with zero attached hydrogens (tertiary/aromatic N) is 4. The van der Waals surface area contributed by atoms with Crippen molar-refractivity contribution in [1.82, 2.24) is 24.3 Å². The third kappa shape index (κ3) is 2.22. The molecule has 2 aromatic heterocycles. The van der Waals surface area contributed by atoms with Gasteiger partial charge in [-0.2, -0.15) is 5.10 Å². The lowest BCUT2D eigenvalue weighted by Gasteiger charge is -2.06. The van der Waals surface area contributed by atoms with Gasteiger partial charge in [0.15, 0.2) is 10.6 Å². The standard InChI is InChI=1S/C13H13N5S/c1-17-8-7-14-11(17)9-18-12(15-16-13(18)19)10-5-3-2-4-6-10/h2-8H,9H2,1H3,(H,16,19). The van der Waals surface area contributed by atoms with Gasteiger partial charge in [-0.3, -0.25) is 9.67 Å². The van der Waals surface area contributed by atoms with E-state index in [1.54, 1.807) is 6.20 Å². The Morgan fingerprint density at radius 2 is 2.05 bits per heavy atom. The number of nitrogens with one attached hydrogen (secondary N) is 1. The summed E-state index contributed by atoms with van der Waals surface area (Å²) in [6, 6.07) is 9.98. The fraction of sp³-hybridized carbons (Fsp3) is 0.154. The molecule has 0 radical (unpaired) electrons. The predicted octanol–water partition coefficient (Wildman–Crippen LogP) is 2.39. The van der Waals surface area contributed by atoms with Gasteiger partial charge in [-0.25, -0.2) is 4.98 Å². The van der Waals surface area contributed by atoms with E-state index in [1.165, 1.54) is 0 Å². The number of benzene rings is 1. The van der Waals surface area contributed by atoms with Gasteiger partial charge in [-0.15, -0.1) is 0 Å². The van der Waals surface area contributed by atoms with Crippen LogP contribution in [0.3, 0.4) is 0 Å². The molecule has 0 unspecified atom stereocenters. The van der Waals surface area contributed by atoms with Crippen LogP contribution in [0.5, 0.6) is 0 Å². The van der Waals surface area contributed by atoms with E-state index in [4.69, 9.17) is 12.2 Å². The van der Waals surface area contributed by atoms with Crippen LogP contribution >= 0.6 is 12.2 Å². The lowest BCUT2D eigenvalue weighted by molar-refractivity contribution is 0.696. The summed E-state index contributed by atoms with van der Waals surface area (Å²) in [5.74, 6) is 1.77. The summed E-state index contributed by atoms with van der Waals surface area (Å²) in [6.45, 7) is 0.600. The van der Waals surface area contributed by atoms with Gasteiger partial charge in [0, 0.05) is 25.0 Å². The van der Waals surface area contributed by atoms with Gasteiger partial charge < -0.3 is 4.57 Å². The molecule has 0 aliphatic carbocycles. The maximum Gasteiger partial charge on any atom is 0.195 e. The van der Waals surface area contributed by atoms with Crippen LogP contribution in [-0.2, 0) is 13.6 Å². The first kappa shape index (κ1) is 11.9. The van der Waals surface area contributed by atoms with Crippen molar-refractivity contribution in [3.05, 3.63) is 53.3 Å². The summed E-state index contributed by atoms with van der Waals surface area (Å²) >= 11 is 5.30. The predicted molar refractivity (Wildman–Crippen MR) is 75.2 cm³/mol. The first-order valence-electron chi connectivity index (χ1n) is 5.92. The van der Waals surface area contributed by atoms with Crippen molar-refractivity contribution in [1.29, 1.82) is 0 Å². The molecule has 1 aromatic carbocycles. The van der Waals surface area contributed by atoms with E-state index in [1.807, 2.05) is 52.7 Å². The Bertz CT molecular complexity index is 738. The van der Waals surface area contributed by atoms with Crippen molar-refractivity contribution in [2.75, 3.05) is 0 Å². The van der Waals surface area contributed by atoms with Crippen LogP contribution in [0.25, 0.3) is 11.4 Å². The maximum absolute atomic E-state index is 5.30. The van der Waals surface area contributed by atoms with Crippen molar-refractivity contribution < 1.29 is 0 Å². The molecule has 2 heterocycles. The molecular formula is C13H13N5S. The smallest absolute Gasteiger partial charge is 0.195 e. The minimum absolute atomic E-state index is 0.599. The van der Waals surface area contributed by atoms with Crippen molar-refractivity contribution in [2.45, 2.75) is 6.54 Å². The lowest BCUT2D eigenvalue weighted by Crippen LogP contribution is -2.07. The molecular weight excluding hydrogens is 258 g/mol. The Balaban J connectivity index is 2.05. The number of H-pyrrole nitrogens is 1. The molecule has 3 rings (SSSR count). The molecule has 3 aromatic rings. The second kappa shape index (κ2) is 4.81. The third-order valence-electron chi connectivity index (χ3n) is 3.01. The Morgan fingerprint density at radius 1 is 1.26 bits per heavy atom. The molecule has 19 heavy (non-hydrogen) atoms. The van der Waals surface area contributed by atoms with Gasteiger partial charge in [0.25, 0.3) is 0 Å². The van der Waals surface area contributed by atoms with Crippen molar-refractivity contribution >= 4 is 12.2 Å². The number of rotatable bonds is 3. The van der Waals surface area contributed by atoms with Gasteiger partial charge in [0.1, 0.15) is 5.82 Å². The maximum atomic E-state index is 5.30. The van der Waals surface area contributed by atoms with Crippen molar-refractivity contribution in [2.24, 2.45) is 7.05 Å². The largest absolute Gasteiger partial charge is 0.337 e. The normalized spacial score (nSPS) is 10.8. The average Bonchev–Trinajstić information content (AvgIpc) is 2.99. The van der Waals surface area contributed by atoms with E-state index in [9.17, 15) is 0 Å². The number of imidazole rings is 1. The van der Waals surface area contributed by atoms with Crippen LogP contribution in [0.2, 0.25) is 0 Å². The molecule has 0 fully saturated rings. The summed E-state index contributed by atoms with van der Waals surface area (Å²) < 4.78 is 4.53. The van der Waals surface area contributed by atoms with Crippen LogP contribution in [0.1, 0.15) is 5.82 Å². The second-order valence-corrected chi connectivity index (χ2v) is 4.65. The molecule has 0 amide bonds. The molecule has 5 nitrogen and oxygen atoms in total. The monoisotopic (exact) mass is 271 g/mol. The summed E-state index contributed by atoms with van der Waals surface area (Å²) in [6.07, 6.45) is 3.70. The fourth-order valence-corrected chi connectivity index (χ4v) is 2.16. The second-order valence-electron chi connectivity index (χ2n) is 4.26. The molecule has 0 aliphatic rings. The minimum Gasteiger partial charge on any atom is -0.337 e. The van der Waals surface area contributed by atoms with E-state index < -0.39 is 0 Å². The fourth-order valence-electron chi connectivity index (χ4n) is 1.96. The van der Waals surface area contributed by atoms with Gasteiger partial charge in [0.2, 0.25) is 0 Å². The molecule has 0 spiro atoms. The molecule has 1 N–H and O–H groups in total. The molecule has 0 aliphatic heterocycles. The first-order valence-corrected chi connectivity index (χ1v) is 6.33. The van der Waals surface area contributed by atoms with Gasteiger partial charge in [-0.05, 0) is 12.2 Å². The van der Waals surface area contributed by atoms with Crippen LogP contribution in [0, 0.1) is 4.77 Å². The molecule has 0 saturated carbocycles. The number of aromatic nitrogens is 5. The number of hydrogen-bond acceptors (Lipinski definition) is 3. The molecule has 96 valence electrons. The van der Waals surface area contributed by atoms with Gasteiger partial charge >= 0.3 is 0 Å². The zero-order valence-corrected chi connectivity index (χ0v) is 11.3. The van der Waals surface area contributed by atoms with Gasteiger partial charge in [0.05, 0.1) is 6.54 Å². The molecule has 6 heteroatoms. The molecule has 0 saturated heterocycles. The Morgan fingerprint density at radius 3 is 2.74 bits per heavy atom. The quantitative estimate of drug-likeness (QED) is 0.744. The number of aryl methyl sites for hydroxylation is 1. The van der Waals surface area contributed by atoms with Crippen LogP contribution in [0.4, 0.5) is 0 Å². The topological polar surface area (TPSA) is 51.4 Å². The third-order valence-corrected chi connectivity index (χ3v) is 3.32. The minimum atomic E-state index is 0.599. The number of aromatic amines is 1. The highest BCUT2D eigenvalue weighted by Gasteiger charge is 2.10. The zero-order chi connectivity index (χ0) is 13.2. The lowest BCUT2D eigenvalue weighted by atomic mass is 10.2. The van der Waals surface area contributed by atoms with Crippen molar-refractivity contribution in [3.63, 3.8) is 0 Å². The molecule has 0 bridgehead atoms. The highest BCUT2D eigenvalue weighted by molar-refractivity contribution is 7.71. The Kier molecular flexibility index (Phi) is 3.00. The zero-order valence-electron chi connectivity index (χ0n) is 10.4. The van der Waals surface area contributed by atoms with Crippen LogP contribution < -0.4 is 0 Å². The van der Waals surface area contributed by atoms with E-state index >= 15 is 0 Å². The van der Waals surface area contributed by atoms with Crippen LogP contribution in [-0.4, -0.2) is 24.3 Å². The van der Waals surface area contributed by atoms with Crippen LogP contribution in [0.15, 0.2) is 42.7 Å². The van der Waals surface area contributed by atoms with Gasteiger partial charge in [-0.1, -0.05) is 30.3 Å². The summed E-state index contributed by atoms with van der Waals surface area (Å²) in [7, 11) is 1.97. The van der Waals surface area contributed by atoms with E-state index in [2.05, 4.69) is 15.2 Å². The van der Waals surface area contributed by atoms with E-state index in [0.29, 0.717) is 11.3 Å². The average molecular weight is 271 g/mol. The summed E-state index contributed by atoms with van der Waals surface area (Å²) in [5, 5.41) is 7.15. The Labute approximate surface area is 115 Å². The van der Waals surface area contributed by atoms with E-state index in [-0.39, 0.29) is 0 Å². The number of hydrogen-bond donors (Lipinski definition) is 1. The first-order chi connectivity index (χ1) is 9.25. The molecule has 0 atom stereocenters. The van der Waals surface area contributed by atoms with Crippen molar-refractivity contribution in [3.8, 4) is 11.4 Å². The highest BCUT2D eigenvalue weighted by atomic mass is 32.1. The SMILES string of the molecule is Cn1ccnc1Cn1c(-c2ccccc2)n[nH]c1=S. The summed E-state index contributed by atoms with van der Waals surface area (Å²) in [4.78, 5) is 4.32. The van der Waals surface area contributed by atoms with E-state index in [0.717, 1.165) is 17.2 Å². The highest BCUT2D eigenvalue weighted by Crippen LogP contribution is 2.17.